The molecule has 0 bridgehead atoms. The molecule has 3 N–H and O–H groups in total. The van der Waals surface area contributed by atoms with Crippen molar-refractivity contribution in [1.29, 1.82) is 0 Å². The van der Waals surface area contributed by atoms with Crippen LogP contribution >= 0.6 is 0 Å². The van der Waals surface area contributed by atoms with Crippen LogP contribution < -0.4 is 10.6 Å². The van der Waals surface area contributed by atoms with Gasteiger partial charge in [-0.2, -0.15) is 0 Å². The normalized spacial score (nSPS) is 26.9. The van der Waals surface area contributed by atoms with Crippen LogP contribution in [0.3, 0.4) is 0 Å². The summed E-state index contributed by atoms with van der Waals surface area (Å²) in [7, 11) is 0. The van der Waals surface area contributed by atoms with Gasteiger partial charge >= 0.3 is 12.1 Å². The van der Waals surface area contributed by atoms with Gasteiger partial charge in [0.25, 0.3) is 0 Å². The van der Waals surface area contributed by atoms with Gasteiger partial charge in [0.2, 0.25) is 5.91 Å². The summed E-state index contributed by atoms with van der Waals surface area (Å²) < 4.78 is 10.8. The molecule has 1 heterocycles. The fraction of sp³-hybridized carbons (Fsp3) is 0.423. The predicted molar refractivity (Wildman–Crippen MR) is 123 cm³/mol. The number of ether oxygens (including phenoxy) is 2. The molecule has 0 spiro atoms. The highest BCUT2D eigenvalue weighted by Crippen LogP contribution is 2.44. The molecule has 4 atom stereocenters. The van der Waals surface area contributed by atoms with Crippen molar-refractivity contribution in [3.8, 4) is 11.1 Å². The van der Waals surface area contributed by atoms with Gasteiger partial charge in [0.1, 0.15) is 12.0 Å². The fourth-order valence-electron chi connectivity index (χ4n) is 5.02. The lowest BCUT2D eigenvalue weighted by atomic mass is 9.85. The Bertz CT molecular complexity index is 1090. The van der Waals surface area contributed by atoms with Gasteiger partial charge in [0.05, 0.1) is 19.3 Å². The van der Waals surface area contributed by atoms with Gasteiger partial charge in [-0.1, -0.05) is 48.5 Å². The molecule has 1 saturated carbocycles. The number of aliphatic carboxylic acids is 1. The first-order valence-electron chi connectivity index (χ1n) is 11.6. The average Bonchev–Trinajstić information content (AvgIpc) is 3.43. The molecule has 0 radical (unpaired) electrons. The molecule has 2 amide bonds. The summed E-state index contributed by atoms with van der Waals surface area (Å²) in [5.41, 5.74) is 3.52. The van der Waals surface area contributed by atoms with E-state index in [1.807, 2.05) is 24.3 Å². The molecule has 178 valence electrons. The zero-order valence-corrected chi connectivity index (χ0v) is 19.0. The molecule has 2 aromatic rings. The summed E-state index contributed by atoms with van der Waals surface area (Å²) in [6.07, 6.45) is 0.142. The van der Waals surface area contributed by atoms with E-state index in [2.05, 4.69) is 34.9 Å². The first kappa shape index (κ1) is 22.4. The van der Waals surface area contributed by atoms with Crippen LogP contribution in [0.2, 0.25) is 0 Å². The predicted octanol–water partition coefficient (Wildman–Crippen LogP) is 2.77. The molecule has 1 saturated heterocycles. The van der Waals surface area contributed by atoms with Crippen LogP contribution in [0, 0.1) is 17.3 Å². The number of fused-ring (bicyclic) bond motifs is 3. The van der Waals surface area contributed by atoms with Gasteiger partial charge in [-0.15, -0.1) is 0 Å². The van der Waals surface area contributed by atoms with Crippen molar-refractivity contribution in [2.45, 2.75) is 25.3 Å². The second-order valence-corrected chi connectivity index (χ2v) is 9.61. The second kappa shape index (κ2) is 8.76. The highest BCUT2D eigenvalue weighted by Gasteiger charge is 2.50. The quantitative estimate of drug-likeness (QED) is 0.581. The number of rotatable bonds is 7. The molecular weight excluding hydrogens is 436 g/mol. The highest BCUT2D eigenvalue weighted by atomic mass is 16.5. The minimum absolute atomic E-state index is 0.00484. The lowest BCUT2D eigenvalue weighted by Crippen LogP contribution is -2.50. The molecule has 5 rings (SSSR count). The molecule has 8 heteroatoms. The molecule has 1 aliphatic heterocycles. The third-order valence-electron chi connectivity index (χ3n) is 7.37. The molecule has 2 fully saturated rings. The minimum Gasteiger partial charge on any atom is -0.481 e. The summed E-state index contributed by atoms with van der Waals surface area (Å²) in [6, 6.07) is 15.8. The topological polar surface area (TPSA) is 114 Å². The Morgan fingerprint density at radius 2 is 1.74 bits per heavy atom. The molecule has 8 nitrogen and oxygen atoms in total. The molecule has 3 aliphatic rings. The number of benzene rings is 2. The van der Waals surface area contributed by atoms with Crippen molar-refractivity contribution in [2.24, 2.45) is 17.3 Å². The summed E-state index contributed by atoms with van der Waals surface area (Å²) in [5, 5.41) is 15.0. The van der Waals surface area contributed by atoms with Gasteiger partial charge in [0.15, 0.2) is 0 Å². The van der Waals surface area contributed by atoms with E-state index in [1.54, 1.807) is 6.92 Å². The van der Waals surface area contributed by atoms with Gasteiger partial charge in [0, 0.05) is 18.4 Å². The number of amides is 2. The standard InChI is InChI=1S/C26H28N2O6/c1-26(24(30)31)14-33-13-22(26)28-23(29)20-10-15(20)11-27-25(32)34-12-21-18-8-4-2-6-16(18)17-7-3-5-9-19(17)21/h2-9,15,20-22H,10-14H2,1H3,(H,27,32)(H,28,29)(H,30,31). The zero-order valence-electron chi connectivity index (χ0n) is 19.0. The Labute approximate surface area is 197 Å². The third-order valence-corrected chi connectivity index (χ3v) is 7.37. The molecule has 2 aromatic carbocycles. The maximum absolute atomic E-state index is 12.6. The Morgan fingerprint density at radius 3 is 2.38 bits per heavy atom. The number of carboxylic acid groups (broad SMARTS) is 1. The molecule has 2 aliphatic carbocycles. The largest absolute Gasteiger partial charge is 0.481 e. The van der Waals surface area contributed by atoms with Crippen LogP contribution in [0.4, 0.5) is 4.79 Å². The first-order valence-corrected chi connectivity index (χ1v) is 11.6. The van der Waals surface area contributed by atoms with Gasteiger partial charge in [-0.25, -0.2) is 4.79 Å². The number of carbonyl (C=O) groups is 3. The number of hydrogen-bond acceptors (Lipinski definition) is 5. The summed E-state index contributed by atoms with van der Waals surface area (Å²) in [4.78, 5) is 36.5. The summed E-state index contributed by atoms with van der Waals surface area (Å²) in [6.45, 7) is 2.42. The first-order chi connectivity index (χ1) is 16.4. The SMILES string of the molecule is CC1(C(=O)O)COCC1NC(=O)C1CC1CNC(=O)OCC1c2ccccc2-c2ccccc21. The summed E-state index contributed by atoms with van der Waals surface area (Å²) >= 11 is 0. The van der Waals surface area contributed by atoms with E-state index in [0.717, 1.165) is 11.1 Å². The van der Waals surface area contributed by atoms with E-state index in [9.17, 15) is 19.5 Å². The maximum Gasteiger partial charge on any atom is 0.407 e. The Hall–Kier alpha value is -3.39. The number of alkyl carbamates (subject to hydrolysis) is 1. The van der Waals surface area contributed by atoms with E-state index in [0.29, 0.717) is 13.0 Å². The van der Waals surface area contributed by atoms with Gasteiger partial charge in [-0.3, -0.25) is 9.59 Å². The molecule has 34 heavy (non-hydrogen) atoms. The minimum atomic E-state index is -1.13. The van der Waals surface area contributed by atoms with Gasteiger partial charge < -0.3 is 25.2 Å². The van der Waals surface area contributed by atoms with Crippen molar-refractivity contribution in [2.75, 3.05) is 26.4 Å². The smallest absolute Gasteiger partial charge is 0.407 e. The lowest BCUT2D eigenvalue weighted by Gasteiger charge is -2.25. The van der Waals surface area contributed by atoms with Crippen molar-refractivity contribution in [1.82, 2.24) is 10.6 Å². The van der Waals surface area contributed by atoms with Crippen LogP contribution in [0.15, 0.2) is 48.5 Å². The number of carbonyl (C=O) groups excluding carboxylic acids is 2. The lowest BCUT2D eigenvalue weighted by molar-refractivity contribution is -0.149. The highest BCUT2D eigenvalue weighted by molar-refractivity contribution is 5.84. The van der Waals surface area contributed by atoms with Crippen molar-refractivity contribution < 1.29 is 29.0 Å². The van der Waals surface area contributed by atoms with E-state index in [1.165, 1.54) is 11.1 Å². The van der Waals surface area contributed by atoms with E-state index in [-0.39, 0.29) is 43.5 Å². The summed E-state index contributed by atoms with van der Waals surface area (Å²) in [5.74, 6) is -1.41. The monoisotopic (exact) mass is 464 g/mol. The van der Waals surface area contributed by atoms with Gasteiger partial charge in [-0.05, 0) is 41.5 Å². The van der Waals surface area contributed by atoms with Crippen LogP contribution in [0.25, 0.3) is 11.1 Å². The number of nitrogens with one attached hydrogen (secondary N) is 2. The van der Waals surface area contributed by atoms with Crippen LogP contribution in [0.5, 0.6) is 0 Å². The Morgan fingerprint density at radius 1 is 1.09 bits per heavy atom. The van der Waals surface area contributed by atoms with Crippen molar-refractivity contribution >= 4 is 18.0 Å². The van der Waals surface area contributed by atoms with Crippen molar-refractivity contribution in [3.63, 3.8) is 0 Å². The van der Waals surface area contributed by atoms with E-state index in [4.69, 9.17) is 9.47 Å². The van der Waals surface area contributed by atoms with Crippen molar-refractivity contribution in [3.05, 3.63) is 59.7 Å². The fourth-order valence-corrected chi connectivity index (χ4v) is 5.02. The van der Waals surface area contributed by atoms with Crippen LogP contribution in [-0.4, -0.2) is 55.5 Å². The number of carboxylic acids is 1. The molecule has 0 aromatic heterocycles. The zero-order chi connectivity index (χ0) is 23.9. The Balaban J connectivity index is 1.10. The molecule has 4 unspecified atom stereocenters. The van der Waals surface area contributed by atoms with E-state index >= 15 is 0 Å². The second-order valence-electron chi connectivity index (χ2n) is 9.61. The van der Waals surface area contributed by atoms with Crippen LogP contribution in [0.1, 0.15) is 30.4 Å². The van der Waals surface area contributed by atoms with Crippen LogP contribution in [-0.2, 0) is 19.1 Å². The third kappa shape index (κ3) is 4.03. The maximum atomic E-state index is 12.6. The Kier molecular flexibility index (Phi) is 5.77. The number of hydrogen-bond donors (Lipinski definition) is 3. The molecular formula is C26H28N2O6. The van der Waals surface area contributed by atoms with E-state index < -0.39 is 23.5 Å². The average molecular weight is 465 g/mol.